The van der Waals surface area contributed by atoms with E-state index in [2.05, 4.69) is 10.4 Å². The zero-order valence-corrected chi connectivity index (χ0v) is 15.7. The Balaban J connectivity index is 1.43. The Kier molecular flexibility index (Phi) is 4.44. The van der Waals surface area contributed by atoms with Gasteiger partial charge in [-0.05, 0) is 54.1 Å². The van der Waals surface area contributed by atoms with Crippen molar-refractivity contribution in [3.05, 3.63) is 84.0 Å². The van der Waals surface area contributed by atoms with Crippen LogP contribution in [0.4, 0.5) is 4.39 Å². The number of nitrogens with zero attached hydrogens (tertiary/aromatic N) is 2. The molecule has 30 heavy (non-hydrogen) atoms. The van der Waals surface area contributed by atoms with Crippen LogP contribution in [0.15, 0.2) is 71.3 Å². The first-order chi connectivity index (χ1) is 14.7. The second kappa shape index (κ2) is 7.40. The van der Waals surface area contributed by atoms with E-state index < -0.39 is 0 Å². The van der Waals surface area contributed by atoms with Gasteiger partial charge in [0.2, 0.25) is 6.79 Å². The first-order valence-electron chi connectivity index (χ1n) is 9.24. The number of hydrogen-bond acceptors (Lipinski definition) is 5. The summed E-state index contributed by atoms with van der Waals surface area (Å²) in [6.07, 6.45) is 1.53. The molecule has 5 rings (SSSR count). The molecule has 0 radical (unpaired) electrons. The fourth-order valence-electron chi connectivity index (χ4n) is 3.19. The maximum Gasteiger partial charge on any atom is 0.270 e. The minimum absolute atomic E-state index is 0.192. The molecule has 0 atom stereocenters. The van der Waals surface area contributed by atoms with Crippen molar-refractivity contribution in [2.24, 2.45) is 0 Å². The average Bonchev–Trinajstić information content (AvgIpc) is 3.52. The Morgan fingerprint density at radius 1 is 1.07 bits per heavy atom. The number of nitrogens with one attached hydrogen (secondary N) is 1. The number of carbonyl (C=O) groups is 1. The number of halogens is 1. The summed E-state index contributed by atoms with van der Waals surface area (Å²) in [6, 6.07) is 16.4. The molecule has 2 aromatic heterocycles. The Bertz CT molecular complexity index is 1200. The lowest BCUT2D eigenvalue weighted by molar-refractivity contribution is 0.0943. The van der Waals surface area contributed by atoms with E-state index in [1.165, 1.54) is 23.1 Å². The quantitative estimate of drug-likeness (QED) is 0.544. The zero-order chi connectivity index (χ0) is 20.5. The molecule has 1 aliphatic heterocycles. The summed E-state index contributed by atoms with van der Waals surface area (Å²) in [6.45, 7) is 0.484. The molecule has 7 nitrogen and oxygen atoms in total. The van der Waals surface area contributed by atoms with Gasteiger partial charge in [0, 0.05) is 12.6 Å². The van der Waals surface area contributed by atoms with Gasteiger partial charge < -0.3 is 19.2 Å². The second-order valence-corrected chi connectivity index (χ2v) is 6.65. The third-order valence-corrected chi connectivity index (χ3v) is 4.68. The maximum absolute atomic E-state index is 13.4. The summed E-state index contributed by atoms with van der Waals surface area (Å²) in [5.74, 6) is 1.16. The molecule has 4 aromatic rings. The Hall–Kier alpha value is -4.07. The van der Waals surface area contributed by atoms with Crippen LogP contribution in [0.2, 0.25) is 0 Å². The first-order valence-corrected chi connectivity index (χ1v) is 9.24. The van der Waals surface area contributed by atoms with Crippen LogP contribution < -0.4 is 14.8 Å². The summed E-state index contributed by atoms with van der Waals surface area (Å²) in [5.41, 5.74) is 2.22. The smallest absolute Gasteiger partial charge is 0.270 e. The van der Waals surface area contributed by atoms with Gasteiger partial charge in [0.25, 0.3) is 5.91 Å². The molecule has 1 amide bonds. The topological polar surface area (TPSA) is 78.5 Å². The number of furan rings is 1. The van der Waals surface area contributed by atoms with E-state index in [1.807, 2.05) is 18.2 Å². The van der Waals surface area contributed by atoms with Crippen molar-refractivity contribution in [2.45, 2.75) is 6.54 Å². The van der Waals surface area contributed by atoms with E-state index in [4.69, 9.17) is 13.9 Å². The molecule has 0 spiro atoms. The Labute approximate surface area is 170 Å². The monoisotopic (exact) mass is 405 g/mol. The molecule has 0 unspecified atom stereocenters. The summed E-state index contributed by atoms with van der Waals surface area (Å²) < 4.78 is 30.9. The summed E-state index contributed by atoms with van der Waals surface area (Å²) in [7, 11) is 0. The zero-order valence-electron chi connectivity index (χ0n) is 15.7. The van der Waals surface area contributed by atoms with Crippen LogP contribution >= 0.6 is 0 Å². The van der Waals surface area contributed by atoms with Crippen LogP contribution in [-0.4, -0.2) is 22.5 Å². The highest BCUT2D eigenvalue weighted by molar-refractivity contribution is 5.94. The van der Waals surface area contributed by atoms with Crippen LogP contribution in [0, 0.1) is 5.82 Å². The number of hydrogen-bond donors (Lipinski definition) is 1. The van der Waals surface area contributed by atoms with Gasteiger partial charge in [-0.15, -0.1) is 0 Å². The van der Waals surface area contributed by atoms with Crippen molar-refractivity contribution in [3.63, 3.8) is 0 Å². The number of rotatable bonds is 5. The third kappa shape index (κ3) is 3.39. The van der Waals surface area contributed by atoms with E-state index >= 15 is 0 Å². The van der Waals surface area contributed by atoms with E-state index in [0.29, 0.717) is 40.9 Å². The van der Waals surface area contributed by atoms with Gasteiger partial charge in [0.1, 0.15) is 17.2 Å². The lowest BCUT2D eigenvalue weighted by atomic mass is 10.2. The highest BCUT2D eigenvalue weighted by Gasteiger charge is 2.19. The molecule has 150 valence electrons. The van der Waals surface area contributed by atoms with Gasteiger partial charge >= 0.3 is 0 Å². The van der Waals surface area contributed by atoms with E-state index in [9.17, 15) is 9.18 Å². The van der Waals surface area contributed by atoms with Crippen LogP contribution in [0.3, 0.4) is 0 Å². The molecular formula is C22H16FN3O4. The lowest BCUT2D eigenvalue weighted by Gasteiger charge is -2.09. The number of aromatic nitrogens is 2. The first kappa shape index (κ1) is 18.0. The van der Waals surface area contributed by atoms with Crippen molar-refractivity contribution >= 4 is 5.91 Å². The van der Waals surface area contributed by atoms with Crippen molar-refractivity contribution in [1.29, 1.82) is 0 Å². The fraction of sp³-hybridized carbons (Fsp3) is 0.0909. The number of benzene rings is 2. The Morgan fingerprint density at radius 3 is 2.70 bits per heavy atom. The van der Waals surface area contributed by atoms with Gasteiger partial charge in [0.05, 0.1) is 12.0 Å². The van der Waals surface area contributed by atoms with Gasteiger partial charge in [-0.2, -0.15) is 5.10 Å². The predicted octanol–water partition coefficient (Wildman–Crippen LogP) is 3.93. The highest BCUT2D eigenvalue weighted by atomic mass is 19.1. The molecule has 1 aliphatic rings. The van der Waals surface area contributed by atoms with E-state index in [0.717, 1.165) is 5.56 Å². The molecule has 3 heterocycles. The van der Waals surface area contributed by atoms with E-state index in [1.54, 1.807) is 30.3 Å². The van der Waals surface area contributed by atoms with Gasteiger partial charge in [0.15, 0.2) is 17.3 Å². The number of fused-ring (bicyclic) bond motifs is 1. The van der Waals surface area contributed by atoms with Crippen LogP contribution in [-0.2, 0) is 6.54 Å². The molecule has 0 fully saturated rings. The van der Waals surface area contributed by atoms with Gasteiger partial charge in [-0.1, -0.05) is 6.07 Å². The minimum atomic E-state index is -0.369. The summed E-state index contributed by atoms with van der Waals surface area (Å²) >= 11 is 0. The molecule has 0 saturated heterocycles. The maximum atomic E-state index is 13.4. The molecule has 2 aromatic carbocycles. The largest absolute Gasteiger partial charge is 0.463 e. The summed E-state index contributed by atoms with van der Waals surface area (Å²) in [4.78, 5) is 13.0. The second-order valence-electron chi connectivity index (χ2n) is 6.65. The normalized spacial score (nSPS) is 12.2. The molecule has 0 aliphatic carbocycles. The molecule has 0 saturated carbocycles. The fourth-order valence-corrected chi connectivity index (χ4v) is 3.19. The lowest BCUT2D eigenvalue weighted by Crippen LogP contribution is -2.25. The molecular weight excluding hydrogens is 389 g/mol. The van der Waals surface area contributed by atoms with Crippen molar-refractivity contribution < 1.29 is 23.1 Å². The number of amides is 1. The highest BCUT2D eigenvalue weighted by Crippen LogP contribution is 2.32. The molecule has 1 N–H and O–H groups in total. The number of ether oxygens (including phenoxy) is 2. The molecule has 8 heteroatoms. The van der Waals surface area contributed by atoms with Crippen LogP contribution in [0.25, 0.3) is 17.1 Å². The SMILES string of the molecule is O=C(NCc1ccc2c(c1)OCO2)c1cc(-c2ccco2)nn1-c1ccc(F)cc1. The standard InChI is InChI=1S/C22H16FN3O4/c23-15-4-6-16(7-5-15)26-18(11-17(25-26)19-2-1-9-28-19)22(27)24-12-14-3-8-20-21(10-14)30-13-29-20/h1-11H,12-13H2,(H,24,27). The van der Waals surface area contributed by atoms with Gasteiger partial charge in [-0.25, -0.2) is 9.07 Å². The minimum Gasteiger partial charge on any atom is -0.463 e. The third-order valence-electron chi connectivity index (χ3n) is 4.68. The average molecular weight is 405 g/mol. The number of carbonyl (C=O) groups excluding carboxylic acids is 1. The predicted molar refractivity (Wildman–Crippen MR) is 105 cm³/mol. The summed E-state index contributed by atoms with van der Waals surface area (Å²) in [5, 5.41) is 7.36. The van der Waals surface area contributed by atoms with Crippen molar-refractivity contribution in [1.82, 2.24) is 15.1 Å². The van der Waals surface area contributed by atoms with Crippen LogP contribution in [0.5, 0.6) is 11.5 Å². The van der Waals surface area contributed by atoms with Crippen LogP contribution in [0.1, 0.15) is 16.1 Å². The van der Waals surface area contributed by atoms with Crippen molar-refractivity contribution in [3.8, 4) is 28.6 Å². The Morgan fingerprint density at radius 2 is 1.90 bits per heavy atom. The van der Waals surface area contributed by atoms with Crippen molar-refractivity contribution in [2.75, 3.05) is 6.79 Å². The van der Waals surface area contributed by atoms with E-state index in [-0.39, 0.29) is 18.5 Å². The molecule has 0 bridgehead atoms. The van der Waals surface area contributed by atoms with Gasteiger partial charge in [-0.3, -0.25) is 4.79 Å².